The summed E-state index contributed by atoms with van der Waals surface area (Å²) in [5.41, 5.74) is 0.390. The molecular weight excluding hydrogens is 235 g/mol. The van der Waals surface area contributed by atoms with Crippen LogP contribution in [0.1, 0.15) is 5.56 Å². The molecule has 2 rings (SSSR count). The van der Waals surface area contributed by atoms with Gasteiger partial charge in [0, 0.05) is 5.56 Å². The number of para-hydroxylation sites is 2. The topological polar surface area (TPSA) is 38.7 Å². The van der Waals surface area contributed by atoms with Crippen LogP contribution in [0, 0.1) is 5.82 Å². The SMILES string of the molecule is COc1ccccc1Oc1ccc(F)cc1CO. The molecule has 0 aliphatic rings. The Morgan fingerprint density at radius 2 is 1.78 bits per heavy atom. The Hall–Kier alpha value is -2.07. The predicted molar refractivity (Wildman–Crippen MR) is 65.4 cm³/mol. The summed E-state index contributed by atoms with van der Waals surface area (Å²) in [6.07, 6.45) is 0. The maximum absolute atomic E-state index is 13.0. The average Bonchev–Trinajstić information content (AvgIpc) is 2.41. The number of methoxy groups -OCH3 is 1. The van der Waals surface area contributed by atoms with Crippen LogP contribution in [0.4, 0.5) is 4.39 Å². The van der Waals surface area contributed by atoms with Gasteiger partial charge in [0.15, 0.2) is 11.5 Å². The van der Waals surface area contributed by atoms with Crippen LogP contribution in [0.5, 0.6) is 17.2 Å². The number of halogens is 1. The zero-order valence-electron chi connectivity index (χ0n) is 9.89. The largest absolute Gasteiger partial charge is 0.493 e. The Kier molecular flexibility index (Phi) is 3.79. The van der Waals surface area contributed by atoms with E-state index in [1.165, 1.54) is 18.2 Å². The zero-order valence-corrected chi connectivity index (χ0v) is 9.89. The number of benzene rings is 2. The van der Waals surface area contributed by atoms with Crippen LogP contribution in [-0.2, 0) is 6.61 Å². The quantitative estimate of drug-likeness (QED) is 0.903. The van der Waals surface area contributed by atoms with E-state index in [0.717, 1.165) is 0 Å². The Morgan fingerprint density at radius 3 is 2.44 bits per heavy atom. The van der Waals surface area contributed by atoms with Gasteiger partial charge in [0.05, 0.1) is 13.7 Å². The molecule has 2 aromatic rings. The molecule has 0 saturated heterocycles. The Morgan fingerprint density at radius 1 is 1.06 bits per heavy atom. The third-order valence-electron chi connectivity index (χ3n) is 2.48. The van der Waals surface area contributed by atoms with E-state index >= 15 is 0 Å². The molecule has 0 unspecified atom stereocenters. The molecule has 0 saturated carbocycles. The molecule has 0 aromatic heterocycles. The summed E-state index contributed by atoms with van der Waals surface area (Å²) in [7, 11) is 1.54. The van der Waals surface area contributed by atoms with Crippen LogP contribution in [0.25, 0.3) is 0 Å². The third kappa shape index (κ3) is 2.60. The lowest BCUT2D eigenvalue weighted by Gasteiger charge is -2.12. The Bertz CT molecular complexity index is 540. The van der Waals surface area contributed by atoms with Crippen molar-refractivity contribution in [2.45, 2.75) is 6.61 Å². The van der Waals surface area contributed by atoms with Crippen molar-refractivity contribution >= 4 is 0 Å². The normalized spacial score (nSPS) is 10.2. The fourth-order valence-corrected chi connectivity index (χ4v) is 1.59. The molecule has 0 amide bonds. The highest BCUT2D eigenvalue weighted by Crippen LogP contribution is 2.32. The summed E-state index contributed by atoms with van der Waals surface area (Å²) >= 11 is 0. The third-order valence-corrected chi connectivity index (χ3v) is 2.48. The lowest BCUT2D eigenvalue weighted by atomic mass is 10.2. The van der Waals surface area contributed by atoms with E-state index in [1.807, 2.05) is 6.07 Å². The van der Waals surface area contributed by atoms with Crippen molar-refractivity contribution in [1.29, 1.82) is 0 Å². The highest BCUT2D eigenvalue weighted by Gasteiger charge is 2.09. The number of hydrogen-bond acceptors (Lipinski definition) is 3. The fraction of sp³-hybridized carbons (Fsp3) is 0.143. The molecule has 0 spiro atoms. The van der Waals surface area contributed by atoms with Crippen LogP contribution in [0.15, 0.2) is 42.5 Å². The summed E-state index contributed by atoms with van der Waals surface area (Å²) in [6, 6.07) is 11.1. The first-order chi connectivity index (χ1) is 8.74. The van der Waals surface area contributed by atoms with Crippen molar-refractivity contribution in [3.8, 4) is 17.2 Å². The van der Waals surface area contributed by atoms with Gasteiger partial charge in [0.25, 0.3) is 0 Å². The van der Waals surface area contributed by atoms with Gasteiger partial charge in [-0.15, -0.1) is 0 Å². The lowest BCUT2D eigenvalue weighted by molar-refractivity contribution is 0.275. The van der Waals surface area contributed by atoms with Gasteiger partial charge in [0.1, 0.15) is 11.6 Å². The summed E-state index contributed by atoms with van der Waals surface area (Å²) in [4.78, 5) is 0. The molecule has 2 aromatic carbocycles. The minimum absolute atomic E-state index is 0.289. The van der Waals surface area contributed by atoms with Gasteiger partial charge in [-0.05, 0) is 30.3 Å². The molecular formula is C14H13FO3. The van der Waals surface area contributed by atoms with E-state index < -0.39 is 5.82 Å². The molecule has 0 bridgehead atoms. The van der Waals surface area contributed by atoms with E-state index in [9.17, 15) is 4.39 Å². The monoisotopic (exact) mass is 248 g/mol. The first-order valence-electron chi connectivity index (χ1n) is 5.44. The van der Waals surface area contributed by atoms with E-state index in [0.29, 0.717) is 22.8 Å². The Balaban J connectivity index is 2.33. The van der Waals surface area contributed by atoms with Gasteiger partial charge >= 0.3 is 0 Å². The smallest absolute Gasteiger partial charge is 0.169 e. The van der Waals surface area contributed by atoms with E-state index in [1.54, 1.807) is 25.3 Å². The maximum Gasteiger partial charge on any atom is 0.169 e. The van der Waals surface area contributed by atoms with Crippen molar-refractivity contribution in [1.82, 2.24) is 0 Å². The second kappa shape index (κ2) is 5.51. The minimum atomic E-state index is -0.411. The molecule has 3 nitrogen and oxygen atoms in total. The van der Waals surface area contributed by atoms with Gasteiger partial charge in [-0.2, -0.15) is 0 Å². The van der Waals surface area contributed by atoms with Crippen LogP contribution in [0.3, 0.4) is 0 Å². The van der Waals surface area contributed by atoms with Crippen molar-refractivity contribution in [3.05, 3.63) is 53.8 Å². The van der Waals surface area contributed by atoms with Gasteiger partial charge in [0.2, 0.25) is 0 Å². The molecule has 18 heavy (non-hydrogen) atoms. The lowest BCUT2D eigenvalue weighted by Crippen LogP contribution is -1.94. The standard InChI is InChI=1S/C14H13FO3/c1-17-13-4-2-3-5-14(13)18-12-7-6-11(15)8-10(12)9-16/h2-8,16H,9H2,1H3. The highest BCUT2D eigenvalue weighted by atomic mass is 19.1. The molecule has 0 aliphatic carbocycles. The van der Waals surface area contributed by atoms with Gasteiger partial charge in [-0.25, -0.2) is 4.39 Å². The van der Waals surface area contributed by atoms with Crippen LogP contribution < -0.4 is 9.47 Å². The first kappa shape index (κ1) is 12.4. The van der Waals surface area contributed by atoms with E-state index in [4.69, 9.17) is 14.6 Å². The van der Waals surface area contributed by atoms with Crippen LogP contribution in [-0.4, -0.2) is 12.2 Å². The second-order valence-electron chi connectivity index (χ2n) is 3.66. The number of ether oxygens (including phenoxy) is 2. The molecule has 0 aliphatic heterocycles. The molecule has 4 heteroatoms. The highest BCUT2D eigenvalue weighted by molar-refractivity contribution is 5.44. The van der Waals surface area contributed by atoms with Crippen LogP contribution in [0.2, 0.25) is 0 Å². The van der Waals surface area contributed by atoms with Crippen molar-refractivity contribution < 1.29 is 19.0 Å². The Labute approximate surface area is 104 Å². The van der Waals surface area contributed by atoms with Crippen molar-refractivity contribution in [3.63, 3.8) is 0 Å². The summed E-state index contributed by atoms with van der Waals surface area (Å²) in [6.45, 7) is -0.289. The first-order valence-corrected chi connectivity index (χ1v) is 5.44. The molecule has 1 N–H and O–H groups in total. The van der Waals surface area contributed by atoms with E-state index in [-0.39, 0.29) is 6.61 Å². The average molecular weight is 248 g/mol. The second-order valence-corrected chi connectivity index (χ2v) is 3.66. The summed E-state index contributed by atoms with van der Waals surface area (Å²) in [5.74, 6) is 1.09. The van der Waals surface area contributed by atoms with Crippen molar-refractivity contribution in [2.75, 3.05) is 7.11 Å². The molecule has 0 atom stereocenters. The molecule has 0 heterocycles. The number of hydrogen-bond donors (Lipinski definition) is 1. The fourth-order valence-electron chi connectivity index (χ4n) is 1.59. The van der Waals surface area contributed by atoms with Crippen LogP contribution >= 0.6 is 0 Å². The molecule has 0 radical (unpaired) electrons. The van der Waals surface area contributed by atoms with E-state index in [2.05, 4.69) is 0 Å². The summed E-state index contributed by atoms with van der Waals surface area (Å²) in [5, 5.41) is 9.17. The molecule has 0 fully saturated rings. The number of rotatable bonds is 4. The molecule has 94 valence electrons. The van der Waals surface area contributed by atoms with Gasteiger partial charge in [-0.1, -0.05) is 12.1 Å². The maximum atomic E-state index is 13.0. The van der Waals surface area contributed by atoms with Crippen molar-refractivity contribution in [2.24, 2.45) is 0 Å². The van der Waals surface area contributed by atoms with Gasteiger partial charge < -0.3 is 14.6 Å². The van der Waals surface area contributed by atoms with Gasteiger partial charge in [-0.3, -0.25) is 0 Å². The number of aliphatic hydroxyl groups excluding tert-OH is 1. The zero-order chi connectivity index (χ0) is 13.0. The summed E-state index contributed by atoms with van der Waals surface area (Å²) < 4.78 is 23.8. The minimum Gasteiger partial charge on any atom is -0.493 e. The number of aliphatic hydroxyl groups is 1. The predicted octanol–water partition coefficient (Wildman–Crippen LogP) is 3.12.